The van der Waals surface area contributed by atoms with E-state index in [2.05, 4.69) is 15.5 Å². The Morgan fingerprint density at radius 3 is 2.78 bits per heavy atom. The highest BCUT2D eigenvalue weighted by Crippen LogP contribution is 2.27. The molecule has 2 fully saturated rings. The van der Waals surface area contributed by atoms with Crippen LogP contribution >= 0.6 is 0 Å². The SMILES string of the molecule is CNC(=O)CCCN(CC1CCCCN1)C1CC1. The van der Waals surface area contributed by atoms with E-state index in [0.717, 1.165) is 19.0 Å². The minimum atomic E-state index is 0.168. The van der Waals surface area contributed by atoms with Crippen LogP contribution in [0, 0.1) is 0 Å². The first kappa shape index (κ1) is 13.8. The zero-order chi connectivity index (χ0) is 12.8. The number of piperidine rings is 1. The number of amides is 1. The molecular weight excluding hydrogens is 226 g/mol. The van der Waals surface area contributed by atoms with Gasteiger partial charge in [0.15, 0.2) is 0 Å². The molecule has 0 radical (unpaired) electrons. The number of carbonyl (C=O) groups excluding carboxylic acids is 1. The second kappa shape index (κ2) is 7.10. The highest BCUT2D eigenvalue weighted by molar-refractivity contribution is 5.75. The van der Waals surface area contributed by atoms with Gasteiger partial charge in [-0.1, -0.05) is 6.42 Å². The molecule has 2 aliphatic rings. The second-order valence-corrected chi connectivity index (χ2v) is 5.65. The molecule has 1 saturated heterocycles. The van der Waals surface area contributed by atoms with Crippen LogP contribution in [0.25, 0.3) is 0 Å². The van der Waals surface area contributed by atoms with E-state index in [0.29, 0.717) is 12.5 Å². The van der Waals surface area contributed by atoms with Crippen molar-refractivity contribution >= 4 is 5.91 Å². The van der Waals surface area contributed by atoms with Crippen LogP contribution in [-0.4, -0.2) is 49.6 Å². The fraction of sp³-hybridized carbons (Fsp3) is 0.929. The van der Waals surface area contributed by atoms with Gasteiger partial charge < -0.3 is 10.6 Å². The lowest BCUT2D eigenvalue weighted by Crippen LogP contribution is -2.44. The third-order valence-corrected chi connectivity index (χ3v) is 4.06. The number of hydrogen-bond acceptors (Lipinski definition) is 3. The smallest absolute Gasteiger partial charge is 0.219 e. The molecule has 4 nitrogen and oxygen atoms in total. The molecule has 1 amide bonds. The molecule has 0 aromatic rings. The molecule has 0 aromatic heterocycles. The molecular formula is C14H27N3O. The average molecular weight is 253 g/mol. The molecule has 2 rings (SSSR count). The Hall–Kier alpha value is -0.610. The minimum Gasteiger partial charge on any atom is -0.359 e. The second-order valence-electron chi connectivity index (χ2n) is 5.65. The van der Waals surface area contributed by atoms with E-state index in [9.17, 15) is 4.79 Å². The monoisotopic (exact) mass is 253 g/mol. The van der Waals surface area contributed by atoms with Crippen LogP contribution in [-0.2, 0) is 4.79 Å². The normalized spacial score (nSPS) is 24.2. The molecule has 2 N–H and O–H groups in total. The molecule has 4 heteroatoms. The standard InChI is InChI=1S/C14H27N3O/c1-15-14(18)6-4-10-17(13-7-8-13)11-12-5-2-3-9-16-12/h12-13,16H,2-11H2,1H3,(H,15,18). The number of hydrogen-bond donors (Lipinski definition) is 2. The van der Waals surface area contributed by atoms with Crippen LogP contribution < -0.4 is 10.6 Å². The summed E-state index contributed by atoms with van der Waals surface area (Å²) in [6.45, 7) is 3.44. The van der Waals surface area contributed by atoms with Gasteiger partial charge in [-0.3, -0.25) is 9.69 Å². The number of rotatable bonds is 7. The predicted molar refractivity (Wildman–Crippen MR) is 73.5 cm³/mol. The molecule has 104 valence electrons. The number of nitrogens with zero attached hydrogens (tertiary/aromatic N) is 1. The van der Waals surface area contributed by atoms with Gasteiger partial charge in [-0.25, -0.2) is 0 Å². The van der Waals surface area contributed by atoms with Crippen LogP contribution in [0.15, 0.2) is 0 Å². The van der Waals surface area contributed by atoms with E-state index in [-0.39, 0.29) is 5.91 Å². The Bertz CT molecular complexity index is 260. The van der Waals surface area contributed by atoms with Crippen molar-refractivity contribution in [2.24, 2.45) is 0 Å². The summed E-state index contributed by atoms with van der Waals surface area (Å²) < 4.78 is 0. The summed E-state index contributed by atoms with van der Waals surface area (Å²) in [6.07, 6.45) is 8.38. The van der Waals surface area contributed by atoms with E-state index >= 15 is 0 Å². The Morgan fingerprint density at radius 2 is 2.17 bits per heavy atom. The Morgan fingerprint density at radius 1 is 1.33 bits per heavy atom. The van der Waals surface area contributed by atoms with Crippen molar-refractivity contribution in [3.8, 4) is 0 Å². The maximum Gasteiger partial charge on any atom is 0.219 e. The van der Waals surface area contributed by atoms with Gasteiger partial charge >= 0.3 is 0 Å². The highest BCUT2D eigenvalue weighted by atomic mass is 16.1. The summed E-state index contributed by atoms with van der Waals surface area (Å²) in [5.74, 6) is 0.168. The zero-order valence-corrected chi connectivity index (χ0v) is 11.6. The molecule has 1 aliphatic heterocycles. The summed E-state index contributed by atoms with van der Waals surface area (Å²) in [6, 6.07) is 1.48. The Balaban J connectivity index is 1.68. The van der Waals surface area contributed by atoms with Crippen molar-refractivity contribution in [3.05, 3.63) is 0 Å². The number of nitrogens with one attached hydrogen (secondary N) is 2. The van der Waals surface area contributed by atoms with Gasteiger partial charge in [0, 0.05) is 32.1 Å². The first-order valence-corrected chi connectivity index (χ1v) is 7.47. The van der Waals surface area contributed by atoms with E-state index < -0.39 is 0 Å². The summed E-state index contributed by atoms with van der Waals surface area (Å²) >= 11 is 0. The zero-order valence-electron chi connectivity index (χ0n) is 11.6. The quantitative estimate of drug-likeness (QED) is 0.714. The van der Waals surface area contributed by atoms with Crippen molar-refractivity contribution in [3.63, 3.8) is 0 Å². The van der Waals surface area contributed by atoms with Crippen molar-refractivity contribution in [1.29, 1.82) is 0 Å². The van der Waals surface area contributed by atoms with Crippen molar-refractivity contribution < 1.29 is 4.79 Å². The fourth-order valence-corrected chi connectivity index (χ4v) is 2.79. The molecule has 1 heterocycles. The molecule has 1 atom stereocenters. The lowest BCUT2D eigenvalue weighted by molar-refractivity contribution is -0.120. The van der Waals surface area contributed by atoms with Crippen molar-refractivity contribution in [2.75, 3.05) is 26.7 Å². The van der Waals surface area contributed by atoms with Gasteiger partial charge in [-0.2, -0.15) is 0 Å². The van der Waals surface area contributed by atoms with Gasteiger partial charge in [0.1, 0.15) is 0 Å². The van der Waals surface area contributed by atoms with Crippen molar-refractivity contribution in [1.82, 2.24) is 15.5 Å². The topological polar surface area (TPSA) is 44.4 Å². The van der Waals surface area contributed by atoms with E-state index in [1.54, 1.807) is 7.05 Å². The van der Waals surface area contributed by atoms with Crippen molar-refractivity contribution in [2.45, 2.75) is 57.0 Å². The molecule has 0 bridgehead atoms. The average Bonchev–Trinajstić information content (AvgIpc) is 3.23. The molecule has 0 aromatic carbocycles. The maximum absolute atomic E-state index is 11.2. The van der Waals surface area contributed by atoms with Crippen LogP contribution in [0.1, 0.15) is 44.9 Å². The fourth-order valence-electron chi connectivity index (χ4n) is 2.79. The highest BCUT2D eigenvalue weighted by Gasteiger charge is 2.30. The molecule has 18 heavy (non-hydrogen) atoms. The third-order valence-electron chi connectivity index (χ3n) is 4.06. The van der Waals surface area contributed by atoms with Crippen LogP contribution in [0.2, 0.25) is 0 Å². The minimum absolute atomic E-state index is 0.168. The van der Waals surface area contributed by atoms with Gasteiger partial charge in [-0.05, 0) is 45.2 Å². The van der Waals surface area contributed by atoms with E-state index in [1.807, 2.05) is 0 Å². The predicted octanol–water partition coefficient (Wildman–Crippen LogP) is 1.12. The van der Waals surface area contributed by atoms with Gasteiger partial charge in [0.05, 0.1) is 0 Å². The lowest BCUT2D eigenvalue weighted by atomic mass is 10.0. The Labute approximate surface area is 110 Å². The molecule has 1 aliphatic carbocycles. The summed E-state index contributed by atoms with van der Waals surface area (Å²) in [4.78, 5) is 13.8. The molecule has 0 spiro atoms. The largest absolute Gasteiger partial charge is 0.359 e. The number of carbonyl (C=O) groups is 1. The van der Waals surface area contributed by atoms with Crippen LogP contribution in [0.4, 0.5) is 0 Å². The third kappa shape index (κ3) is 4.58. The van der Waals surface area contributed by atoms with E-state index in [1.165, 1.54) is 45.2 Å². The van der Waals surface area contributed by atoms with Gasteiger partial charge in [0.25, 0.3) is 0 Å². The summed E-state index contributed by atoms with van der Waals surface area (Å²) in [5.41, 5.74) is 0. The lowest BCUT2D eigenvalue weighted by Gasteiger charge is -2.30. The van der Waals surface area contributed by atoms with Gasteiger partial charge in [0.2, 0.25) is 5.91 Å². The molecule has 1 unspecified atom stereocenters. The van der Waals surface area contributed by atoms with E-state index in [4.69, 9.17) is 0 Å². The first-order chi connectivity index (χ1) is 8.79. The van der Waals surface area contributed by atoms with Crippen LogP contribution in [0.5, 0.6) is 0 Å². The maximum atomic E-state index is 11.2. The molecule has 1 saturated carbocycles. The van der Waals surface area contributed by atoms with Gasteiger partial charge in [-0.15, -0.1) is 0 Å². The summed E-state index contributed by atoms with van der Waals surface area (Å²) in [5, 5.41) is 6.32. The van der Waals surface area contributed by atoms with Crippen LogP contribution in [0.3, 0.4) is 0 Å². The first-order valence-electron chi connectivity index (χ1n) is 7.47. The Kier molecular flexibility index (Phi) is 5.45. The summed E-state index contributed by atoms with van der Waals surface area (Å²) in [7, 11) is 1.72.